The molecule has 0 spiro atoms. The molecule has 0 unspecified atom stereocenters. The van der Waals surface area contributed by atoms with Crippen LogP contribution in [0.25, 0.3) is 0 Å². The van der Waals surface area contributed by atoms with Crippen LogP contribution in [0.1, 0.15) is 11.5 Å². The highest BCUT2D eigenvalue weighted by molar-refractivity contribution is 5.77. The van der Waals surface area contributed by atoms with Gasteiger partial charge in [0.1, 0.15) is 0 Å². The Bertz CT molecular complexity index is 613. The van der Waals surface area contributed by atoms with Crippen LogP contribution >= 0.6 is 0 Å². The first kappa shape index (κ1) is 11.7. The summed E-state index contributed by atoms with van der Waals surface area (Å²) in [5, 5.41) is 15.4. The average molecular weight is 251 g/mol. The zero-order chi connectivity index (χ0) is 13.0. The number of hydrogen-bond donors (Lipinski definition) is 4. The highest BCUT2D eigenvalue weighted by Crippen LogP contribution is 1.89. The van der Waals surface area contributed by atoms with E-state index in [0.717, 1.165) is 6.07 Å². The maximum Gasteiger partial charge on any atom is 0.325 e. The zero-order valence-electron chi connectivity index (χ0n) is 9.06. The van der Waals surface area contributed by atoms with Gasteiger partial charge in [-0.05, 0) is 0 Å². The molecule has 4 N–H and O–H groups in total. The third-order valence-corrected chi connectivity index (χ3v) is 2.00. The van der Waals surface area contributed by atoms with Gasteiger partial charge in [-0.1, -0.05) is 5.21 Å². The molecule has 0 aliphatic carbocycles. The van der Waals surface area contributed by atoms with E-state index in [0.29, 0.717) is 5.82 Å². The minimum Gasteiger partial charge on any atom is -0.348 e. The van der Waals surface area contributed by atoms with E-state index in [-0.39, 0.29) is 24.6 Å². The van der Waals surface area contributed by atoms with E-state index >= 15 is 0 Å². The van der Waals surface area contributed by atoms with E-state index in [1.807, 2.05) is 4.98 Å². The van der Waals surface area contributed by atoms with Crippen LogP contribution < -0.4 is 16.6 Å². The fourth-order valence-electron chi connectivity index (χ4n) is 1.29. The molecule has 0 radical (unpaired) electrons. The predicted octanol–water partition coefficient (Wildman–Crippen LogP) is -2.56. The molecule has 0 aliphatic rings. The molecule has 10 heteroatoms. The Labute approximate surface area is 98.8 Å². The number of nitrogens with zero attached hydrogens (tertiary/aromatic N) is 3. The molecule has 2 aromatic rings. The summed E-state index contributed by atoms with van der Waals surface area (Å²) < 4.78 is 0. The van der Waals surface area contributed by atoms with Crippen LogP contribution in [-0.2, 0) is 17.8 Å². The monoisotopic (exact) mass is 251 g/mol. The van der Waals surface area contributed by atoms with E-state index < -0.39 is 11.2 Å². The highest BCUT2D eigenvalue weighted by atomic mass is 16.2. The van der Waals surface area contributed by atoms with Gasteiger partial charge < -0.3 is 10.3 Å². The molecule has 0 bridgehead atoms. The summed E-state index contributed by atoms with van der Waals surface area (Å²) in [5.41, 5.74) is -0.974. The van der Waals surface area contributed by atoms with Crippen molar-refractivity contribution in [1.82, 2.24) is 35.9 Å². The fraction of sp³-hybridized carbons (Fsp3) is 0.250. The number of carbonyl (C=O) groups is 1. The van der Waals surface area contributed by atoms with Crippen LogP contribution in [0.4, 0.5) is 0 Å². The lowest BCUT2D eigenvalue weighted by Crippen LogP contribution is -2.29. The van der Waals surface area contributed by atoms with E-state index in [2.05, 4.69) is 30.9 Å². The summed E-state index contributed by atoms with van der Waals surface area (Å²) in [6.45, 7) is 0.114. The Kier molecular flexibility index (Phi) is 3.27. The van der Waals surface area contributed by atoms with Crippen LogP contribution in [0.3, 0.4) is 0 Å². The van der Waals surface area contributed by atoms with Crippen LogP contribution in [0, 0.1) is 0 Å². The number of amides is 1. The quantitative estimate of drug-likeness (QED) is 0.469. The molecule has 94 valence electrons. The number of nitrogens with one attached hydrogen (secondary N) is 4. The Hall–Kier alpha value is -2.78. The maximum absolute atomic E-state index is 11.5. The van der Waals surface area contributed by atoms with Crippen molar-refractivity contribution in [2.45, 2.75) is 13.0 Å². The van der Waals surface area contributed by atoms with Gasteiger partial charge in [0.25, 0.3) is 5.56 Å². The molecular formula is C8H9N7O3. The first-order valence-corrected chi connectivity index (χ1v) is 4.95. The first-order valence-electron chi connectivity index (χ1n) is 4.95. The topological polar surface area (TPSA) is 149 Å². The molecule has 18 heavy (non-hydrogen) atoms. The number of hydrogen-bond acceptors (Lipinski definition) is 6. The lowest BCUT2D eigenvalue weighted by atomic mass is 10.3. The number of aromatic nitrogens is 6. The summed E-state index contributed by atoms with van der Waals surface area (Å²) in [5.74, 6) is -0.0381. The normalized spacial score (nSPS) is 10.2. The Balaban J connectivity index is 1.94. The lowest BCUT2D eigenvalue weighted by Gasteiger charge is -2.01. The van der Waals surface area contributed by atoms with Crippen molar-refractivity contribution in [2.24, 2.45) is 0 Å². The molecule has 0 saturated carbocycles. The minimum absolute atomic E-state index is 0.114. The lowest BCUT2D eigenvalue weighted by molar-refractivity contribution is -0.120. The Morgan fingerprint density at radius 2 is 2.17 bits per heavy atom. The van der Waals surface area contributed by atoms with E-state index in [1.54, 1.807) is 0 Å². The summed E-state index contributed by atoms with van der Waals surface area (Å²) >= 11 is 0. The minimum atomic E-state index is -0.650. The Morgan fingerprint density at radius 1 is 1.33 bits per heavy atom. The molecule has 2 heterocycles. The third kappa shape index (κ3) is 3.10. The highest BCUT2D eigenvalue weighted by Gasteiger charge is 2.06. The Morgan fingerprint density at radius 3 is 2.83 bits per heavy atom. The van der Waals surface area contributed by atoms with Gasteiger partial charge >= 0.3 is 5.69 Å². The number of rotatable bonds is 4. The SMILES string of the molecule is O=C(Cc1cc(=O)[nH]c(=O)[nH]1)NCc1nn[nH]n1. The van der Waals surface area contributed by atoms with Crippen molar-refractivity contribution in [3.8, 4) is 0 Å². The van der Waals surface area contributed by atoms with Gasteiger partial charge in [0.15, 0.2) is 5.82 Å². The van der Waals surface area contributed by atoms with Gasteiger partial charge in [0.2, 0.25) is 5.91 Å². The number of carbonyl (C=O) groups excluding carboxylic acids is 1. The van der Waals surface area contributed by atoms with Gasteiger partial charge in [0, 0.05) is 11.8 Å². The second kappa shape index (κ2) is 5.03. The van der Waals surface area contributed by atoms with E-state index in [1.165, 1.54) is 0 Å². The summed E-state index contributed by atoms with van der Waals surface area (Å²) in [6, 6.07) is 1.15. The standard InChI is InChI=1S/C8H9N7O3/c16-6(9-3-5-12-14-15-13-5)1-4-2-7(17)11-8(18)10-4/h2H,1,3H2,(H,9,16)(H2,10,11,17,18)(H,12,13,14,15). The molecular weight excluding hydrogens is 242 g/mol. The molecule has 0 atom stereocenters. The molecule has 2 rings (SSSR count). The second-order valence-corrected chi connectivity index (χ2v) is 3.39. The van der Waals surface area contributed by atoms with E-state index in [9.17, 15) is 14.4 Å². The van der Waals surface area contributed by atoms with Crippen LogP contribution in [0.15, 0.2) is 15.7 Å². The third-order valence-electron chi connectivity index (χ3n) is 2.00. The number of tetrazole rings is 1. The van der Waals surface area contributed by atoms with Gasteiger partial charge in [0.05, 0.1) is 13.0 Å². The van der Waals surface area contributed by atoms with E-state index in [4.69, 9.17) is 0 Å². The smallest absolute Gasteiger partial charge is 0.325 e. The van der Waals surface area contributed by atoms with Crippen molar-refractivity contribution >= 4 is 5.91 Å². The zero-order valence-corrected chi connectivity index (χ0v) is 9.06. The van der Waals surface area contributed by atoms with Crippen molar-refractivity contribution in [1.29, 1.82) is 0 Å². The van der Waals surface area contributed by atoms with Gasteiger partial charge in [-0.3, -0.25) is 14.6 Å². The largest absolute Gasteiger partial charge is 0.348 e. The van der Waals surface area contributed by atoms with Crippen LogP contribution in [-0.4, -0.2) is 36.5 Å². The van der Waals surface area contributed by atoms with Crippen molar-refractivity contribution in [3.05, 3.63) is 38.4 Å². The predicted molar refractivity (Wildman–Crippen MR) is 57.4 cm³/mol. The average Bonchev–Trinajstić information content (AvgIpc) is 2.77. The molecule has 0 saturated heterocycles. The number of aromatic amines is 3. The molecule has 0 aromatic carbocycles. The van der Waals surface area contributed by atoms with Crippen molar-refractivity contribution in [3.63, 3.8) is 0 Å². The molecule has 0 aliphatic heterocycles. The summed E-state index contributed by atoms with van der Waals surface area (Å²) in [7, 11) is 0. The molecule has 1 amide bonds. The van der Waals surface area contributed by atoms with Gasteiger partial charge in [-0.2, -0.15) is 5.21 Å². The van der Waals surface area contributed by atoms with Gasteiger partial charge in [-0.25, -0.2) is 4.79 Å². The van der Waals surface area contributed by atoms with Crippen LogP contribution in [0.5, 0.6) is 0 Å². The number of H-pyrrole nitrogens is 3. The van der Waals surface area contributed by atoms with Crippen LogP contribution in [0.2, 0.25) is 0 Å². The summed E-state index contributed by atoms with van der Waals surface area (Å²) in [6.07, 6.45) is -0.114. The second-order valence-electron chi connectivity index (χ2n) is 3.39. The molecule has 2 aromatic heterocycles. The molecule has 0 fully saturated rings. The fourth-order valence-corrected chi connectivity index (χ4v) is 1.29. The first-order chi connectivity index (χ1) is 8.63. The maximum atomic E-state index is 11.5. The van der Waals surface area contributed by atoms with Crippen molar-refractivity contribution in [2.75, 3.05) is 0 Å². The van der Waals surface area contributed by atoms with Gasteiger partial charge in [-0.15, -0.1) is 10.2 Å². The summed E-state index contributed by atoms with van der Waals surface area (Å²) in [4.78, 5) is 37.8. The van der Waals surface area contributed by atoms with Crippen molar-refractivity contribution < 1.29 is 4.79 Å². The molecule has 10 nitrogen and oxygen atoms in total.